The molecule has 1 aromatic carbocycles. The molecule has 0 saturated heterocycles. The Morgan fingerprint density at radius 2 is 1.94 bits per heavy atom. The molecule has 1 aromatic rings. The monoisotopic (exact) mass is 250 g/mol. The van der Waals surface area contributed by atoms with Crippen molar-refractivity contribution in [1.82, 2.24) is 0 Å². The van der Waals surface area contributed by atoms with Crippen molar-refractivity contribution in [3.8, 4) is 0 Å². The summed E-state index contributed by atoms with van der Waals surface area (Å²) >= 11 is 0. The zero-order valence-electron chi connectivity index (χ0n) is 11.4. The van der Waals surface area contributed by atoms with Crippen LogP contribution in [0.15, 0.2) is 23.4 Å². The van der Waals surface area contributed by atoms with E-state index in [1.165, 1.54) is 4.90 Å². The van der Waals surface area contributed by atoms with Gasteiger partial charge in [0.25, 0.3) is 0 Å². The molecule has 0 saturated carbocycles. The van der Waals surface area contributed by atoms with Gasteiger partial charge in [-0.1, -0.05) is 6.07 Å². The fraction of sp³-hybridized carbons (Fsp3) is 0.462. The average Bonchev–Trinajstić information content (AvgIpc) is 2.26. The molecule has 0 heterocycles. The van der Waals surface area contributed by atoms with Crippen molar-refractivity contribution < 1.29 is 9.53 Å². The zero-order chi connectivity index (χ0) is 13.9. The molecule has 18 heavy (non-hydrogen) atoms. The topological polar surface area (TPSA) is 59.0 Å². The quantitative estimate of drug-likeness (QED) is 0.751. The van der Waals surface area contributed by atoms with Gasteiger partial charge in [0.05, 0.1) is 5.69 Å². The van der Waals surface area contributed by atoms with E-state index < -0.39 is 11.7 Å². The minimum absolute atomic E-state index is 0.283. The van der Waals surface area contributed by atoms with Crippen LogP contribution in [0.2, 0.25) is 0 Å². The fourth-order valence-corrected chi connectivity index (χ4v) is 1.44. The summed E-state index contributed by atoms with van der Waals surface area (Å²) in [6.45, 7) is 7.25. The number of anilines is 1. The Kier molecular flexibility index (Phi) is 4.06. The van der Waals surface area contributed by atoms with Crippen LogP contribution in [0.5, 0.6) is 0 Å². The van der Waals surface area contributed by atoms with E-state index in [1.807, 2.05) is 6.92 Å². The lowest BCUT2D eigenvalue weighted by atomic mass is 10.1. The van der Waals surface area contributed by atoms with Crippen LogP contribution >= 0.6 is 0 Å². The van der Waals surface area contributed by atoms with E-state index in [1.54, 1.807) is 46.0 Å². The van der Waals surface area contributed by atoms with E-state index in [-0.39, 0.29) is 5.69 Å². The number of hydrogen-bond acceptors (Lipinski definition) is 4. The van der Waals surface area contributed by atoms with Crippen LogP contribution in [-0.2, 0) is 4.74 Å². The number of ether oxygens (including phenoxy) is 1. The van der Waals surface area contributed by atoms with Gasteiger partial charge < -0.3 is 4.74 Å². The van der Waals surface area contributed by atoms with Crippen LogP contribution in [0.1, 0.15) is 26.3 Å². The Hall–Kier alpha value is -1.91. The Morgan fingerprint density at radius 1 is 1.33 bits per heavy atom. The van der Waals surface area contributed by atoms with Crippen molar-refractivity contribution in [3.05, 3.63) is 28.7 Å². The number of carbonyl (C=O) groups is 1. The summed E-state index contributed by atoms with van der Waals surface area (Å²) in [4.78, 5) is 23.8. The normalized spacial score (nSPS) is 10.9. The van der Waals surface area contributed by atoms with E-state index >= 15 is 0 Å². The lowest BCUT2D eigenvalue weighted by molar-refractivity contribution is 0.0589. The van der Waals surface area contributed by atoms with Gasteiger partial charge in [-0.05, 0) is 50.6 Å². The van der Waals surface area contributed by atoms with Gasteiger partial charge in [0.2, 0.25) is 0 Å². The van der Waals surface area contributed by atoms with Crippen molar-refractivity contribution in [2.75, 3.05) is 11.9 Å². The number of carbonyl (C=O) groups excluding carboxylic acids is 1. The predicted molar refractivity (Wildman–Crippen MR) is 71.3 cm³/mol. The molecule has 0 aromatic heterocycles. The second kappa shape index (κ2) is 5.16. The molecule has 1 rings (SSSR count). The highest BCUT2D eigenvalue weighted by Crippen LogP contribution is 2.26. The van der Waals surface area contributed by atoms with Gasteiger partial charge in [-0.3, -0.25) is 4.90 Å². The molecule has 0 unspecified atom stereocenters. The fourth-order valence-electron chi connectivity index (χ4n) is 1.44. The van der Waals surface area contributed by atoms with Crippen LogP contribution in [0.25, 0.3) is 0 Å². The number of nitroso groups, excluding NO2 is 1. The molecule has 1 amide bonds. The maximum atomic E-state index is 11.9. The Morgan fingerprint density at radius 3 is 2.44 bits per heavy atom. The second-order valence-corrected chi connectivity index (χ2v) is 5.10. The van der Waals surface area contributed by atoms with Crippen LogP contribution in [-0.4, -0.2) is 18.7 Å². The summed E-state index contributed by atoms with van der Waals surface area (Å²) in [5, 5.41) is 2.86. The van der Waals surface area contributed by atoms with Crippen LogP contribution in [0.3, 0.4) is 0 Å². The molecule has 0 aliphatic carbocycles. The Bertz CT molecular complexity index is 464. The number of nitrogens with zero attached hydrogens (tertiary/aromatic N) is 2. The minimum atomic E-state index is -0.556. The molecule has 0 N–H and O–H groups in total. The highest BCUT2D eigenvalue weighted by molar-refractivity contribution is 5.88. The average molecular weight is 250 g/mol. The minimum Gasteiger partial charge on any atom is -0.443 e. The second-order valence-electron chi connectivity index (χ2n) is 5.10. The first-order chi connectivity index (χ1) is 8.24. The largest absolute Gasteiger partial charge is 0.443 e. The van der Waals surface area contributed by atoms with E-state index in [9.17, 15) is 9.70 Å². The number of aryl methyl sites for hydroxylation is 1. The van der Waals surface area contributed by atoms with Crippen molar-refractivity contribution in [1.29, 1.82) is 0 Å². The van der Waals surface area contributed by atoms with Gasteiger partial charge >= 0.3 is 6.09 Å². The number of rotatable bonds is 2. The van der Waals surface area contributed by atoms with Gasteiger partial charge in [0.1, 0.15) is 11.3 Å². The first-order valence-corrected chi connectivity index (χ1v) is 5.65. The molecule has 0 atom stereocenters. The molecule has 0 bridgehead atoms. The summed E-state index contributed by atoms with van der Waals surface area (Å²) in [5.74, 6) is 0. The summed E-state index contributed by atoms with van der Waals surface area (Å²) in [5.41, 5.74) is 1.21. The van der Waals surface area contributed by atoms with Crippen molar-refractivity contribution >= 4 is 17.5 Å². The third kappa shape index (κ3) is 3.55. The molecule has 0 aliphatic rings. The maximum Gasteiger partial charge on any atom is 0.414 e. The standard InChI is InChI=1S/C13H18N2O3/c1-9-6-7-10(14-17)8-11(9)15(5)12(16)18-13(2,3)4/h6-8H,1-5H3. The molecule has 0 aliphatic heterocycles. The molecule has 5 nitrogen and oxygen atoms in total. The third-order valence-corrected chi connectivity index (χ3v) is 2.33. The molecule has 0 fully saturated rings. The molecule has 5 heteroatoms. The first kappa shape index (κ1) is 14.2. The van der Waals surface area contributed by atoms with Crippen molar-refractivity contribution in [2.45, 2.75) is 33.3 Å². The number of benzene rings is 1. The van der Waals surface area contributed by atoms with Gasteiger partial charge in [-0.25, -0.2) is 4.79 Å². The molecule has 0 spiro atoms. The van der Waals surface area contributed by atoms with Crippen LogP contribution in [0, 0.1) is 11.8 Å². The highest BCUT2D eigenvalue weighted by Gasteiger charge is 2.21. The summed E-state index contributed by atoms with van der Waals surface area (Å²) in [6.07, 6.45) is -0.464. The summed E-state index contributed by atoms with van der Waals surface area (Å²) < 4.78 is 5.26. The Balaban J connectivity index is 2.99. The van der Waals surface area contributed by atoms with E-state index in [2.05, 4.69) is 5.18 Å². The SMILES string of the molecule is Cc1ccc(N=O)cc1N(C)C(=O)OC(C)(C)C. The lowest BCUT2D eigenvalue weighted by Gasteiger charge is -2.25. The number of hydrogen-bond donors (Lipinski definition) is 0. The molecular formula is C13H18N2O3. The third-order valence-electron chi connectivity index (χ3n) is 2.33. The smallest absolute Gasteiger partial charge is 0.414 e. The van der Waals surface area contributed by atoms with Gasteiger partial charge in [0.15, 0.2) is 0 Å². The van der Waals surface area contributed by atoms with E-state index in [4.69, 9.17) is 4.74 Å². The van der Waals surface area contributed by atoms with E-state index in [0.717, 1.165) is 5.56 Å². The highest BCUT2D eigenvalue weighted by atomic mass is 16.6. The van der Waals surface area contributed by atoms with Crippen molar-refractivity contribution in [3.63, 3.8) is 0 Å². The van der Waals surface area contributed by atoms with E-state index in [0.29, 0.717) is 5.69 Å². The van der Waals surface area contributed by atoms with Crippen LogP contribution in [0.4, 0.5) is 16.2 Å². The maximum absolute atomic E-state index is 11.9. The summed E-state index contributed by atoms with van der Waals surface area (Å²) in [6, 6.07) is 4.91. The van der Waals surface area contributed by atoms with Gasteiger partial charge in [-0.2, -0.15) is 0 Å². The molecular weight excluding hydrogens is 232 g/mol. The molecule has 0 radical (unpaired) electrons. The van der Waals surface area contributed by atoms with Gasteiger partial charge in [0, 0.05) is 7.05 Å². The van der Waals surface area contributed by atoms with Gasteiger partial charge in [-0.15, -0.1) is 4.91 Å². The number of amides is 1. The van der Waals surface area contributed by atoms with Crippen molar-refractivity contribution in [2.24, 2.45) is 5.18 Å². The summed E-state index contributed by atoms with van der Waals surface area (Å²) in [7, 11) is 1.60. The Labute approximate surface area is 107 Å². The van der Waals surface area contributed by atoms with Crippen LogP contribution < -0.4 is 4.90 Å². The predicted octanol–water partition coefficient (Wildman–Crippen LogP) is 3.76. The lowest BCUT2D eigenvalue weighted by Crippen LogP contribution is -2.34. The molecule has 98 valence electrons. The zero-order valence-corrected chi connectivity index (χ0v) is 11.4. The first-order valence-electron chi connectivity index (χ1n) is 5.65.